The second kappa shape index (κ2) is 5.64. The van der Waals surface area contributed by atoms with E-state index in [1.54, 1.807) is 12.1 Å². The number of hydrogen-bond donors (Lipinski definition) is 5. The molecule has 1 heterocycles. The van der Waals surface area contributed by atoms with E-state index in [9.17, 15) is 15.3 Å². The van der Waals surface area contributed by atoms with Gasteiger partial charge in [-0.1, -0.05) is 18.2 Å². The van der Waals surface area contributed by atoms with E-state index in [0.29, 0.717) is 5.69 Å². The number of benzene rings is 1. The first-order chi connectivity index (χ1) is 8.63. The fraction of sp³-hybridized carbons (Fsp3) is 0.500. The maximum atomic E-state index is 9.80. The van der Waals surface area contributed by atoms with Crippen LogP contribution in [0.25, 0.3) is 0 Å². The van der Waals surface area contributed by atoms with Crippen LogP contribution in [0.1, 0.15) is 0 Å². The molecule has 1 fully saturated rings. The Morgan fingerprint density at radius 2 is 1.67 bits per heavy atom. The number of ether oxygens (including phenoxy) is 1. The van der Waals surface area contributed by atoms with Gasteiger partial charge in [-0.05, 0) is 12.1 Å². The number of aliphatic hydroxyl groups is 4. The molecule has 5 atom stereocenters. The number of hydrogen-bond acceptors (Lipinski definition) is 6. The average molecular weight is 255 g/mol. The third-order valence-electron chi connectivity index (χ3n) is 2.97. The van der Waals surface area contributed by atoms with Gasteiger partial charge in [0.1, 0.15) is 24.4 Å². The monoisotopic (exact) mass is 255 g/mol. The summed E-state index contributed by atoms with van der Waals surface area (Å²) < 4.78 is 5.31. The Kier molecular flexibility index (Phi) is 4.15. The minimum atomic E-state index is -1.36. The van der Waals surface area contributed by atoms with Crippen LogP contribution in [0.4, 0.5) is 5.69 Å². The number of aliphatic hydroxyl groups excluding tert-OH is 4. The number of para-hydroxylation sites is 1. The van der Waals surface area contributed by atoms with E-state index in [-0.39, 0.29) is 0 Å². The highest BCUT2D eigenvalue weighted by molar-refractivity contribution is 5.43. The normalized spacial score (nSPS) is 36.3. The molecule has 0 radical (unpaired) electrons. The first-order valence-electron chi connectivity index (χ1n) is 5.75. The van der Waals surface area contributed by atoms with E-state index in [4.69, 9.17) is 9.84 Å². The van der Waals surface area contributed by atoms with Crippen molar-refractivity contribution in [3.63, 3.8) is 0 Å². The van der Waals surface area contributed by atoms with Crippen LogP contribution in [-0.4, -0.2) is 57.7 Å². The van der Waals surface area contributed by atoms with Crippen LogP contribution >= 0.6 is 0 Å². The lowest BCUT2D eigenvalue weighted by Gasteiger charge is -2.40. The van der Waals surface area contributed by atoms with Crippen molar-refractivity contribution < 1.29 is 25.2 Å². The molecule has 5 N–H and O–H groups in total. The van der Waals surface area contributed by atoms with Gasteiger partial charge in [-0.15, -0.1) is 0 Å². The summed E-state index contributed by atoms with van der Waals surface area (Å²) in [7, 11) is 0. The van der Waals surface area contributed by atoms with Crippen LogP contribution in [0.2, 0.25) is 0 Å². The van der Waals surface area contributed by atoms with E-state index in [1.807, 2.05) is 18.2 Å². The molecule has 0 saturated carbocycles. The molecule has 6 heteroatoms. The van der Waals surface area contributed by atoms with Crippen LogP contribution in [0.3, 0.4) is 0 Å². The summed E-state index contributed by atoms with van der Waals surface area (Å²) in [5.74, 6) is 0. The quantitative estimate of drug-likeness (QED) is 0.470. The van der Waals surface area contributed by atoms with Gasteiger partial charge >= 0.3 is 0 Å². The SMILES string of the molecule is OC[C@@H]1O[C@H](Nc2ccccc2)[C@H](O)[C@H](O)[C@@H]1O. The molecule has 6 nitrogen and oxygen atoms in total. The van der Waals surface area contributed by atoms with E-state index in [1.165, 1.54) is 0 Å². The van der Waals surface area contributed by atoms with E-state index in [0.717, 1.165) is 0 Å². The predicted octanol–water partition coefficient (Wildman–Crippen LogP) is -1.10. The Labute approximate surface area is 104 Å². The van der Waals surface area contributed by atoms with Crippen molar-refractivity contribution in [3.8, 4) is 0 Å². The fourth-order valence-corrected chi connectivity index (χ4v) is 1.92. The van der Waals surface area contributed by atoms with Crippen molar-refractivity contribution in [2.45, 2.75) is 30.6 Å². The van der Waals surface area contributed by atoms with E-state index < -0.39 is 37.3 Å². The van der Waals surface area contributed by atoms with Gasteiger partial charge in [0, 0.05) is 5.69 Å². The van der Waals surface area contributed by atoms with Gasteiger partial charge < -0.3 is 30.5 Å². The molecular formula is C12H17NO5. The minimum absolute atomic E-state index is 0.433. The highest BCUT2D eigenvalue weighted by Crippen LogP contribution is 2.22. The van der Waals surface area contributed by atoms with Gasteiger partial charge in [0.15, 0.2) is 6.23 Å². The van der Waals surface area contributed by atoms with Gasteiger partial charge in [0.05, 0.1) is 6.61 Å². The highest BCUT2D eigenvalue weighted by atomic mass is 16.6. The van der Waals surface area contributed by atoms with Crippen LogP contribution in [0.5, 0.6) is 0 Å². The van der Waals surface area contributed by atoms with Gasteiger partial charge in [0.2, 0.25) is 0 Å². The van der Waals surface area contributed by atoms with Gasteiger partial charge in [-0.3, -0.25) is 0 Å². The Morgan fingerprint density at radius 3 is 2.28 bits per heavy atom. The van der Waals surface area contributed by atoms with Crippen molar-refractivity contribution in [3.05, 3.63) is 30.3 Å². The van der Waals surface area contributed by atoms with Crippen molar-refractivity contribution in [1.29, 1.82) is 0 Å². The van der Waals surface area contributed by atoms with Crippen LogP contribution in [-0.2, 0) is 4.74 Å². The zero-order valence-electron chi connectivity index (χ0n) is 9.68. The minimum Gasteiger partial charge on any atom is -0.394 e. The molecule has 1 aromatic carbocycles. The van der Waals surface area contributed by atoms with Gasteiger partial charge in [0.25, 0.3) is 0 Å². The lowest BCUT2D eigenvalue weighted by Crippen LogP contribution is -2.60. The molecule has 0 spiro atoms. The molecule has 0 unspecified atom stereocenters. The first-order valence-corrected chi connectivity index (χ1v) is 5.75. The molecule has 0 bridgehead atoms. The standard InChI is InChI=1S/C12H17NO5/c14-6-8-9(15)10(16)11(17)12(18-8)13-7-4-2-1-3-5-7/h1-5,8-17H,6H2/t8-,9+,10+,11+,12-/m0/s1. The topological polar surface area (TPSA) is 102 Å². The largest absolute Gasteiger partial charge is 0.394 e. The van der Waals surface area contributed by atoms with E-state index >= 15 is 0 Å². The third-order valence-corrected chi connectivity index (χ3v) is 2.97. The first kappa shape index (κ1) is 13.3. The van der Waals surface area contributed by atoms with Crippen molar-refractivity contribution >= 4 is 5.69 Å². The molecule has 2 rings (SSSR count). The van der Waals surface area contributed by atoms with Gasteiger partial charge in [-0.2, -0.15) is 0 Å². The summed E-state index contributed by atoms with van der Waals surface area (Å²) in [5.41, 5.74) is 0.710. The molecule has 1 aliphatic heterocycles. The molecule has 1 saturated heterocycles. The Balaban J connectivity index is 2.08. The molecule has 1 aromatic rings. The molecule has 0 aliphatic carbocycles. The summed E-state index contributed by atoms with van der Waals surface area (Å²) in [6.45, 7) is -0.433. The lowest BCUT2D eigenvalue weighted by atomic mass is 9.98. The van der Waals surface area contributed by atoms with Gasteiger partial charge in [-0.25, -0.2) is 0 Å². The maximum Gasteiger partial charge on any atom is 0.157 e. The average Bonchev–Trinajstić information content (AvgIpc) is 2.40. The molecule has 1 aliphatic rings. The van der Waals surface area contributed by atoms with Crippen LogP contribution in [0, 0.1) is 0 Å². The van der Waals surface area contributed by atoms with Crippen molar-refractivity contribution in [2.24, 2.45) is 0 Å². The fourth-order valence-electron chi connectivity index (χ4n) is 1.92. The molecule has 0 amide bonds. The summed E-state index contributed by atoms with van der Waals surface area (Å²) in [4.78, 5) is 0. The Bertz CT molecular complexity index is 372. The number of anilines is 1. The second-order valence-corrected chi connectivity index (χ2v) is 4.26. The zero-order chi connectivity index (χ0) is 13.1. The third kappa shape index (κ3) is 2.63. The van der Waals surface area contributed by atoms with Crippen LogP contribution in [0.15, 0.2) is 30.3 Å². The number of nitrogens with one attached hydrogen (secondary N) is 1. The van der Waals surface area contributed by atoms with Crippen molar-refractivity contribution in [1.82, 2.24) is 0 Å². The summed E-state index contributed by atoms with van der Waals surface area (Å²) in [6.07, 6.45) is -5.76. The van der Waals surface area contributed by atoms with Crippen molar-refractivity contribution in [2.75, 3.05) is 11.9 Å². The maximum absolute atomic E-state index is 9.80. The molecule has 18 heavy (non-hydrogen) atoms. The predicted molar refractivity (Wildman–Crippen MR) is 63.8 cm³/mol. The Hall–Kier alpha value is -1.18. The number of rotatable bonds is 3. The van der Waals surface area contributed by atoms with Crippen LogP contribution < -0.4 is 5.32 Å². The highest BCUT2D eigenvalue weighted by Gasteiger charge is 2.43. The molecule has 100 valence electrons. The summed E-state index contributed by atoms with van der Waals surface area (Å²) in [6, 6.07) is 9.03. The summed E-state index contributed by atoms with van der Waals surface area (Å²) in [5, 5.41) is 41.0. The van der Waals surface area contributed by atoms with E-state index in [2.05, 4.69) is 5.32 Å². The smallest absolute Gasteiger partial charge is 0.157 e. The Morgan fingerprint density at radius 1 is 1.00 bits per heavy atom. The molecule has 0 aromatic heterocycles. The zero-order valence-corrected chi connectivity index (χ0v) is 9.68. The second-order valence-electron chi connectivity index (χ2n) is 4.26. The lowest BCUT2D eigenvalue weighted by molar-refractivity contribution is -0.221. The summed E-state index contributed by atoms with van der Waals surface area (Å²) >= 11 is 0. The molecular weight excluding hydrogens is 238 g/mol.